The number of nitrogens with one attached hydrogen (secondary N) is 1. The molecule has 0 saturated heterocycles. The molecule has 1 aliphatic rings. The van der Waals surface area contributed by atoms with Crippen LogP contribution in [0, 0.1) is 0 Å². The summed E-state index contributed by atoms with van der Waals surface area (Å²) in [5.74, 6) is 1.56. The van der Waals surface area contributed by atoms with Crippen molar-refractivity contribution in [1.82, 2.24) is 5.32 Å². The lowest BCUT2D eigenvalue weighted by Gasteiger charge is -2.20. The molecule has 1 fully saturated rings. The van der Waals surface area contributed by atoms with Gasteiger partial charge in [-0.3, -0.25) is 0 Å². The van der Waals surface area contributed by atoms with Gasteiger partial charge in [0.15, 0.2) is 0 Å². The standard InChI is InChI=1S/C17H27NOS/c1-2-10-18-15(13-20-17-8-3-4-9-17)11-14-6-5-7-16(19)12-14/h5-7,12,15,17-19H,2-4,8-11,13H2,1H3. The molecule has 112 valence electrons. The summed E-state index contributed by atoms with van der Waals surface area (Å²) < 4.78 is 0. The van der Waals surface area contributed by atoms with E-state index in [1.165, 1.54) is 43.4 Å². The Morgan fingerprint density at radius 3 is 2.85 bits per heavy atom. The predicted octanol–water partition coefficient (Wildman–Crippen LogP) is 3.98. The van der Waals surface area contributed by atoms with Crippen molar-refractivity contribution in [3.05, 3.63) is 29.8 Å². The lowest BCUT2D eigenvalue weighted by atomic mass is 10.1. The van der Waals surface area contributed by atoms with E-state index in [2.05, 4.69) is 30.1 Å². The molecule has 0 aliphatic heterocycles. The Hall–Kier alpha value is -0.670. The number of hydrogen-bond donors (Lipinski definition) is 2. The maximum atomic E-state index is 9.58. The molecule has 3 heteroatoms. The van der Waals surface area contributed by atoms with Gasteiger partial charge in [-0.15, -0.1) is 0 Å². The topological polar surface area (TPSA) is 32.3 Å². The van der Waals surface area contributed by atoms with Gasteiger partial charge < -0.3 is 10.4 Å². The average molecular weight is 293 g/mol. The van der Waals surface area contributed by atoms with Crippen LogP contribution >= 0.6 is 11.8 Å². The van der Waals surface area contributed by atoms with E-state index in [1.807, 2.05) is 12.1 Å². The zero-order valence-corrected chi connectivity index (χ0v) is 13.3. The van der Waals surface area contributed by atoms with Crippen LogP contribution in [0.2, 0.25) is 0 Å². The molecule has 1 aromatic carbocycles. The molecule has 1 saturated carbocycles. The lowest BCUT2D eigenvalue weighted by Crippen LogP contribution is -2.34. The van der Waals surface area contributed by atoms with Gasteiger partial charge in [-0.05, 0) is 49.9 Å². The molecule has 0 amide bonds. The molecule has 1 unspecified atom stereocenters. The maximum absolute atomic E-state index is 9.58. The summed E-state index contributed by atoms with van der Waals surface area (Å²) in [4.78, 5) is 0. The van der Waals surface area contributed by atoms with E-state index in [9.17, 15) is 5.11 Å². The quantitative estimate of drug-likeness (QED) is 0.760. The monoisotopic (exact) mass is 293 g/mol. The fourth-order valence-corrected chi connectivity index (χ4v) is 4.22. The maximum Gasteiger partial charge on any atom is 0.115 e. The van der Waals surface area contributed by atoms with Gasteiger partial charge in [-0.25, -0.2) is 0 Å². The molecule has 1 aromatic rings. The van der Waals surface area contributed by atoms with E-state index in [0.29, 0.717) is 11.8 Å². The first-order valence-corrected chi connectivity index (χ1v) is 8.95. The normalized spacial score (nSPS) is 17.4. The Morgan fingerprint density at radius 2 is 2.15 bits per heavy atom. The van der Waals surface area contributed by atoms with E-state index in [1.54, 1.807) is 6.07 Å². The minimum absolute atomic E-state index is 0.375. The van der Waals surface area contributed by atoms with E-state index >= 15 is 0 Å². The highest BCUT2D eigenvalue weighted by atomic mass is 32.2. The first kappa shape index (κ1) is 15.7. The SMILES string of the molecule is CCCNC(CSC1CCCC1)Cc1cccc(O)c1. The second kappa shape index (κ2) is 8.58. The van der Waals surface area contributed by atoms with Crippen molar-refractivity contribution >= 4 is 11.8 Å². The van der Waals surface area contributed by atoms with Crippen molar-refractivity contribution < 1.29 is 5.11 Å². The Bertz CT molecular complexity index is 390. The number of aromatic hydroxyl groups is 1. The first-order chi connectivity index (χ1) is 9.78. The van der Waals surface area contributed by atoms with E-state index < -0.39 is 0 Å². The summed E-state index contributed by atoms with van der Waals surface area (Å²) in [6.45, 7) is 3.29. The van der Waals surface area contributed by atoms with Gasteiger partial charge in [0.25, 0.3) is 0 Å². The van der Waals surface area contributed by atoms with Crippen LogP contribution in [0.5, 0.6) is 5.75 Å². The van der Waals surface area contributed by atoms with Gasteiger partial charge in [-0.1, -0.05) is 31.9 Å². The number of thioether (sulfide) groups is 1. The van der Waals surface area contributed by atoms with Crippen LogP contribution in [0.4, 0.5) is 0 Å². The van der Waals surface area contributed by atoms with Crippen molar-refractivity contribution in [2.24, 2.45) is 0 Å². The second-order valence-corrected chi connectivity index (χ2v) is 7.10. The van der Waals surface area contributed by atoms with Crippen molar-refractivity contribution in [1.29, 1.82) is 0 Å². The summed E-state index contributed by atoms with van der Waals surface area (Å²) in [6, 6.07) is 8.19. The van der Waals surface area contributed by atoms with Crippen molar-refractivity contribution in [2.75, 3.05) is 12.3 Å². The molecule has 0 radical (unpaired) electrons. The third-order valence-electron chi connectivity index (χ3n) is 3.91. The van der Waals surface area contributed by atoms with Gasteiger partial charge in [0.2, 0.25) is 0 Å². The predicted molar refractivity (Wildman–Crippen MR) is 88.6 cm³/mol. The number of benzene rings is 1. The van der Waals surface area contributed by atoms with Crippen LogP contribution in [0.3, 0.4) is 0 Å². The Morgan fingerprint density at radius 1 is 1.35 bits per heavy atom. The average Bonchev–Trinajstić information content (AvgIpc) is 2.95. The van der Waals surface area contributed by atoms with Crippen LogP contribution in [0.15, 0.2) is 24.3 Å². The van der Waals surface area contributed by atoms with Crippen LogP contribution in [-0.4, -0.2) is 28.7 Å². The van der Waals surface area contributed by atoms with Gasteiger partial charge >= 0.3 is 0 Å². The Balaban J connectivity index is 1.85. The molecule has 0 spiro atoms. The summed E-state index contributed by atoms with van der Waals surface area (Å²) in [5.41, 5.74) is 1.23. The highest BCUT2D eigenvalue weighted by molar-refractivity contribution is 7.99. The third kappa shape index (κ3) is 5.37. The van der Waals surface area contributed by atoms with Gasteiger partial charge in [0.05, 0.1) is 0 Å². The zero-order valence-electron chi connectivity index (χ0n) is 12.5. The molecule has 2 nitrogen and oxygen atoms in total. The molecule has 0 aromatic heterocycles. The highest BCUT2D eigenvalue weighted by Crippen LogP contribution is 2.30. The molecule has 2 N–H and O–H groups in total. The number of phenols is 1. The third-order valence-corrected chi connectivity index (χ3v) is 5.45. The van der Waals surface area contributed by atoms with Crippen molar-refractivity contribution in [3.63, 3.8) is 0 Å². The highest BCUT2D eigenvalue weighted by Gasteiger charge is 2.18. The van der Waals surface area contributed by atoms with Crippen LogP contribution in [-0.2, 0) is 6.42 Å². The zero-order chi connectivity index (χ0) is 14.2. The Labute approximate surface area is 127 Å². The molecule has 1 atom stereocenters. The minimum Gasteiger partial charge on any atom is -0.508 e. The van der Waals surface area contributed by atoms with Crippen LogP contribution in [0.1, 0.15) is 44.6 Å². The molecule has 0 heterocycles. The van der Waals surface area contributed by atoms with Crippen LogP contribution in [0.25, 0.3) is 0 Å². The molecule has 1 aliphatic carbocycles. The number of phenolic OH excluding ortho intramolecular Hbond substituents is 1. The lowest BCUT2D eigenvalue weighted by molar-refractivity contribution is 0.473. The summed E-state index contributed by atoms with van der Waals surface area (Å²) >= 11 is 2.14. The number of rotatable bonds is 8. The van der Waals surface area contributed by atoms with Gasteiger partial charge in [0.1, 0.15) is 5.75 Å². The molecular formula is C17H27NOS. The first-order valence-electron chi connectivity index (χ1n) is 7.91. The second-order valence-electron chi connectivity index (χ2n) is 5.76. The summed E-state index contributed by atoms with van der Waals surface area (Å²) in [7, 11) is 0. The summed E-state index contributed by atoms with van der Waals surface area (Å²) in [6.07, 6.45) is 7.81. The van der Waals surface area contributed by atoms with Crippen molar-refractivity contribution in [2.45, 2.75) is 56.7 Å². The molecule has 0 bridgehead atoms. The molecule has 2 rings (SSSR count). The Kier molecular flexibility index (Phi) is 6.74. The van der Waals surface area contributed by atoms with Crippen LogP contribution < -0.4 is 5.32 Å². The van der Waals surface area contributed by atoms with Crippen molar-refractivity contribution in [3.8, 4) is 5.75 Å². The smallest absolute Gasteiger partial charge is 0.115 e. The van der Waals surface area contributed by atoms with Gasteiger partial charge in [-0.2, -0.15) is 11.8 Å². The number of hydrogen-bond acceptors (Lipinski definition) is 3. The summed E-state index contributed by atoms with van der Waals surface area (Å²) in [5, 5.41) is 14.1. The fraction of sp³-hybridized carbons (Fsp3) is 0.647. The van der Waals surface area contributed by atoms with E-state index in [-0.39, 0.29) is 0 Å². The largest absolute Gasteiger partial charge is 0.508 e. The van der Waals surface area contributed by atoms with E-state index in [0.717, 1.165) is 18.2 Å². The van der Waals surface area contributed by atoms with E-state index in [4.69, 9.17) is 0 Å². The minimum atomic E-state index is 0.375. The molecular weight excluding hydrogens is 266 g/mol. The van der Waals surface area contributed by atoms with Gasteiger partial charge in [0, 0.05) is 17.0 Å². The fourth-order valence-electron chi connectivity index (χ4n) is 2.81. The molecule has 20 heavy (non-hydrogen) atoms.